The predicted molar refractivity (Wildman–Crippen MR) is 123 cm³/mol. The molecule has 0 bridgehead atoms. The van der Waals surface area contributed by atoms with E-state index in [0.717, 1.165) is 12.1 Å². The molecule has 0 heterocycles. The van der Waals surface area contributed by atoms with Crippen molar-refractivity contribution in [2.24, 2.45) is 4.99 Å². The molecule has 2 aromatic carbocycles. The van der Waals surface area contributed by atoms with Gasteiger partial charge in [0.25, 0.3) is 11.8 Å². The van der Waals surface area contributed by atoms with Gasteiger partial charge in [0.05, 0.1) is 13.7 Å². The average Bonchev–Trinajstić information content (AvgIpc) is 2.79. The van der Waals surface area contributed by atoms with Gasteiger partial charge in [0.15, 0.2) is 5.96 Å². The van der Waals surface area contributed by atoms with E-state index in [1.54, 1.807) is 50.4 Å². The standard InChI is InChI=1S/C23H31N5O3/c1-5-24-23(27-16-17-6-8-19(9-7-17)22(30)28(2)3)26-15-14-25-21(29)18-10-12-20(31-4)13-11-18/h6-13H,5,14-16H2,1-4H3,(H,25,29)(H2,24,26,27). The molecule has 166 valence electrons. The zero-order valence-corrected chi connectivity index (χ0v) is 18.6. The number of rotatable bonds is 9. The number of carbonyl (C=O) groups excluding carboxylic acids is 2. The smallest absolute Gasteiger partial charge is 0.253 e. The van der Waals surface area contributed by atoms with E-state index in [2.05, 4.69) is 20.9 Å². The molecule has 2 aromatic rings. The maximum atomic E-state index is 12.2. The van der Waals surface area contributed by atoms with Crippen LogP contribution in [-0.4, -0.2) is 63.5 Å². The second kappa shape index (κ2) is 12.2. The number of hydrogen-bond acceptors (Lipinski definition) is 4. The van der Waals surface area contributed by atoms with E-state index in [1.807, 2.05) is 31.2 Å². The van der Waals surface area contributed by atoms with Gasteiger partial charge >= 0.3 is 0 Å². The molecule has 2 amide bonds. The normalized spacial score (nSPS) is 10.9. The Kier molecular flexibility index (Phi) is 9.35. The van der Waals surface area contributed by atoms with E-state index < -0.39 is 0 Å². The summed E-state index contributed by atoms with van der Waals surface area (Å²) in [6.07, 6.45) is 0. The van der Waals surface area contributed by atoms with Crippen molar-refractivity contribution in [2.75, 3.05) is 40.8 Å². The van der Waals surface area contributed by atoms with Crippen molar-refractivity contribution in [3.8, 4) is 5.75 Å². The molecule has 0 saturated carbocycles. The number of amides is 2. The number of aliphatic imine (C=N–C) groups is 1. The minimum absolute atomic E-state index is 0.0262. The van der Waals surface area contributed by atoms with E-state index >= 15 is 0 Å². The fourth-order valence-corrected chi connectivity index (χ4v) is 2.72. The Bertz CT molecular complexity index is 877. The third kappa shape index (κ3) is 7.65. The second-order valence-corrected chi connectivity index (χ2v) is 7.00. The van der Waals surface area contributed by atoms with Gasteiger partial charge in [0.2, 0.25) is 0 Å². The molecule has 0 unspecified atom stereocenters. The summed E-state index contributed by atoms with van der Waals surface area (Å²) in [4.78, 5) is 30.3. The Balaban J connectivity index is 1.82. The van der Waals surface area contributed by atoms with Gasteiger partial charge in [-0.05, 0) is 48.9 Å². The topological polar surface area (TPSA) is 95.1 Å². The Morgan fingerprint density at radius 2 is 1.52 bits per heavy atom. The van der Waals surface area contributed by atoms with E-state index in [0.29, 0.717) is 42.5 Å². The maximum absolute atomic E-state index is 12.2. The van der Waals surface area contributed by atoms with Gasteiger partial charge in [-0.1, -0.05) is 12.1 Å². The van der Waals surface area contributed by atoms with Crippen LogP contribution in [0.2, 0.25) is 0 Å². The number of methoxy groups -OCH3 is 1. The molecule has 0 aliphatic heterocycles. The van der Waals surface area contributed by atoms with Gasteiger partial charge in [-0.15, -0.1) is 0 Å². The van der Waals surface area contributed by atoms with Crippen LogP contribution in [0.25, 0.3) is 0 Å². The van der Waals surface area contributed by atoms with Crippen LogP contribution in [0.1, 0.15) is 33.2 Å². The molecule has 0 saturated heterocycles. The summed E-state index contributed by atoms with van der Waals surface area (Å²) in [5.41, 5.74) is 2.23. The predicted octanol–water partition coefficient (Wildman–Crippen LogP) is 1.88. The highest BCUT2D eigenvalue weighted by Gasteiger charge is 2.07. The van der Waals surface area contributed by atoms with Crippen LogP contribution in [0, 0.1) is 0 Å². The summed E-state index contributed by atoms with van der Waals surface area (Å²) in [6.45, 7) is 4.18. The first kappa shape index (κ1) is 23.7. The maximum Gasteiger partial charge on any atom is 0.253 e. The molecule has 31 heavy (non-hydrogen) atoms. The number of guanidine groups is 1. The largest absolute Gasteiger partial charge is 0.497 e. The molecule has 0 aliphatic rings. The quantitative estimate of drug-likeness (QED) is 0.324. The number of nitrogens with one attached hydrogen (secondary N) is 3. The zero-order chi connectivity index (χ0) is 22.6. The van der Waals surface area contributed by atoms with E-state index in [1.165, 1.54) is 0 Å². The highest BCUT2D eigenvalue weighted by Crippen LogP contribution is 2.11. The van der Waals surface area contributed by atoms with Gasteiger partial charge in [-0.2, -0.15) is 0 Å². The fraction of sp³-hybridized carbons (Fsp3) is 0.348. The van der Waals surface area contributed by atoms with Crippen LogP contribution >= 0.6 is 0 Å². The SMILES string of the molecule is CCNC(=NCc1ccc(C(=O)N(C)C)cc1)NCCNC(=O)c1ccc(OC)cc1. The minimum atomic E-state index is -0.140. The molecule has 3 N–H and O–H groups in total. The van der Waals surface area contributed by atoms with Crippen molar-refractivity contribution in [3.05, 3.63) is 65.2 Å². The first-order valence-corrected chi connectivity index (χ1v) is 10.2. The molecule has 8 nitrogen and oxygen atoms in total. The molecule has 0 aliphatic carbocycles. The monoisotopic (exact) mass is 425 g/mol. The lowest BCUT2D eigenvalue weighted by Gasteiger charge is -2.12. The lowest BCUT2D eigenvalue weighted by Crippen LogP contribution is -2.41. The molecule has 0 fully saturated rings. The third-order valence-electron chi connectivity index (χ3n) is 4.43. The molecule has 0 radical (unpaired) electrons. The number of ether oxygens (including phenoxy) is 1. The van der Waals surface area contributed by atoms with Crippen LogP contribution in [0.3, 0.4) is 0 Å². The van der Waals surface area contributed by atoms with Gasteiger partial charge in [0.1, 0.15) is 5.75 Å². The number of benzene rings is 2. The van der Waals surface area contributed by atoms with Crippen LogP contribution < -0.4 is 20.7 Å². The van der Waals surface area contributed by atoms with Crippen LogP contribution in [0.5, 0.6) is 5.75 Å². The first-order valence-electron chi connectivity index (χ1n) is 10.2. The second-order valence-electron chi connectivity index (χ2n) is 7.00. The zero-order valence-electron chi connectivity index (χ0n) is 18.6. The summed E-state index contributed by atoms with van der Waals surface area (Å²) in [5, 5.41) is 9.26. The van der Waals surface area contributed by atoms with Crippen molar-refractivity contribution in [1.29, 1.82) is 0 Å². The highest BCUT2D eigenvalue weighted by atomic mass is 16.5. The van der Waals surface area contributed by atoms with Crippen molar-refractivity contribution in [2.45, 2.75) is 13.5 Å². The summed E-state index contributed by atoms with van der Waals surface area (Å²) in [5.74, 6) is 1.21. The summed E-state index contributed by atoms with van der Waals surface area (Å²) >= 11 is 0. The molecule has 0 spiro atoms. The lowest BCUT2D eigenvalue weighted by molar-refractivity contribution is 0.0827. The van der Waals surface area contributed by atoms with Crippen molar-refractivity contribution < 1.29 is 14.3 Å². The Labute approximate surface area is 183 Å². The average molecular weight is 426 g/mol. The molecular formula is C23H31N5O3. The lowest BCUT2D eigenvalue weighted by atomic mass is 10.1. The summed E-state index contributed by atoms with van der Waals surface area (Å²) < 4.78 is 5.10. The van der Waals surface area contributed by atoms with Gasteiger partial charge in [0, 0.05) is 44.9 Å². The van der Waals surface area contributed by atoms with Crippen LogP contribution in [-0.2, 0) is 6.54 Å². The van der Waals surface area contributed by atoms with Crippen LogP contribution in [0.15, 0.2) is 53.5 Å². The first-order chi connectivity index (χ1) is 14.9. The highest BCUT2D eigenvalue weighted by molar-refractivity contribution is 5.94. The molecule has 2 rings (SSSR count). The van der Waals surface area contributed by atoms with Gasteiger partial charge in [-0.3, -0.25) is 9.59 Å². The number of nitrogens with zero attached hydrogens (tertiary/aromatic N) is 2. The van der Waals surface area contributed by atoms with E-state index in [4.69, 9.17) is 4.74 Å². The summed E-state index contributed by atoms with van der Waals surface area (Å²) in [7, 11) is 5.05. The summed E-state index contributed by atoms with van der Waals surface area (Å²) in [6, 6.07) is 14.4. The Morgan fingerprint density at radius 3 is 2.10 bits per heavy atom. The Hall–Kier alpha value is -3.55. The number of hydrogen-bond donors (Lipinski definition) is 3. The van der Waals surface area contributed by atoms with Gasteiger partial charge in [-0.25, -0.2) is 4.99 Å². The van der Waals surface area contributed by atoms with Gasteiger partial charge < -0.3 is 25.6 Å². The third-order valence-corrected chi connectivity index (χ3v) is 4.43. The molecule has 0 aromatic heterocycles. The van der Waals surface area contributed by atoms with Crippen molar-refractivity contribution in [1.82, 2.24) is 20.9 Å². The number of carbonyl (C=O) groups is 2. The van der Waals surface area contributed by atoms with Crippen molar-refractivity contribution in [3.63, 3.8) is 0 Å². The Morgan fingerprint density at radius 1 is 0.903 bits per heavy atom. The van der Waals surface area contributed by atoms with E-state index in [9.17, 15) is 9.59 Å². The van der Waals surface area contributed by atoms with Crippen LogP contribution in [0.4, 0.5) is 0 Å². The minimum Gasteiger partial charge on any atom is -0.497 e. The molecule has 8 heteroatoms. The molecule has 0 atom stereocenters. The fourth-order valence-electron chi connectivity index (χ4n) is 2.72. The van der Waals surface area contributed by atoms with E-state index in [-0.39, 0.29) is 11.8 Å². The molecular weight excluding hydrogens is 394 g/mol. The van der Waals surface area contributed by atoms with Crippen molar-refractivity contribution >= 4 is 17.8 Å².